The van der Waals surface area contributed by atoms with E-state index in [9.17, 15) is 18.0 Å². The van der Waals surface area contributed by atoms with Gasteiger partial charge in [-0.05, 0) is 49.4 Å². The molecule has 0 spiro atoms. The summed E-state index contributed by atoms with van der Waals surface area (Å²) >= 11 is 6.41. The maximum atomic E-state index is 13.8. The molecule has 0 radical (unpaired) electrons. The molecule has 0 aromatic heterocycles. The van der Waals surface area contributed by atoms with Crippen molar-refractivity contribution in [3.63, 3.8) is 0 Å². The minimum atomic E-state index is -3.77. The van der Waals surface area contributed by atoms with E-state index < -0.39 is 28.5 Å². The van der Waals surface area contributed by atoms with Gasteiger partial charge >= 0.3 is 0 Å². The fourth-order valence-corrected chi connectivity index (χ4v) is 5.81. The van der Waals surface area contributed by atoms with Crippen molar-refractivity contribution in [1.29, 1.82) is 0 Å². The van der Waals surface area contributed by atoms with Crippen LogP contribution in [0.15, 0.2) is 48.5 Å². The molecule has 1 atom stereocenters. The highest BCUT2D eigenvalue weighted by atomic mass is 35.5. The smallest absolute Gasteiger partial charge is 0.244 e. The number of amides is 2. The van der Waals surface area contributed by atoms with E-state index in [0.717, 1.165) is 41.8 Å². The number of nitrogens with one attached hydrogen (secondary N) is 1. The van der Waals surface area contributed by atoms with Gasteiger partial charge < -0.3 is 10.2 Å². The first kappa shape index (κ1) is 28.0. The molecule has 0 bridgehead atoms. The van der Waals surface area contributed by atoms with Crippen LogP contribution in [0.3, 0.4) is 0 Å². The monoisotopic (exact) mass is 533 g/mol. The van der Waals surface area contributed by atoms with Crippen molar-refractivity contribution in [2.24, 2.45) is 0 Å². The van der Waals surface area contributed by atoms with Crippen LogP contribution < -0.4 is 9.62 Å². The predicted molar refractivity (Wildman–Crippen MR) is 144 cm³/mol. The largest absolute Gasteiger partial charge is 0.352 e. The van der Waals surface area contributed by atoms with Crippen molar-refractivity contribution in [2.45, 2.75) is 71.0 Å². The third-order valence-corrected chi connectivity index (χ3v) is 8.19. The van der Waals surface area contributed by atoms with Gasteiger partial charge in [0.1, 0.15) is 12.6 Å². The van der Waals surface area contributed by atoms with Crippen molar-refractivity contribution in [1.82, 2.24) is 10.2 Å². The molecule has 0 unspecified atom stereocenters. The first-order valence-electron chi connectivity index (χ1n) is 12.5. The molecule has 2 aromatic carbocycles. The average molecular weight is 534 g/mol. The maximum absolute atomic E-state index is 13.8. The number of para-hydroxylation sites is 1. The molecule has 1 saturated carbocycles. The highest BCUT2D eigenvalue weighted by molar-refractivity contribution is 7.92. The number of carbonyl (C=O) groups is 2. The summed E-state index contributed by atoms with van der Waals surface area (Å²) in [6.45, 7) is 3.33. The second-order valence-corrected chi connectivity index (χ2v) is 11.8. The average Bonchev–Trinajstić information content (AvgIpc) is 2.84. The van der Waals surface area contributed by atoms with E-state index in [-0.39, 0.29) is 18.5 Å². The van der Waals surface area contributed by atoms with Gasteiger partial charge in [0.05, 0.1) is 11.9 Å². The van der Waals surface area contributed by atoms with Crippen molar-refractivity contribution in [2.75, 3.05) is 17.1 Å². The maximum Gasteiger partial charge on any atom is 0.244 e. The molecule has 2 aromatic rings. The number of hydrogen-bond acceptors (Lipinski definition) is 4. The van der Waals surface area contributed by atoms with Gasteiger partial charge in [0.15, 0.2) is 0 Å². The topological polar surface area (TPSA) is 86.8 Å². The molecule has 3 rings (SSSR count). The first-order valence-corrected chi connectivity index (χ1v) is 14.7. The second-order valence-electron chi connectivity index (χ2n) is 9.44. The van der Waals surface area contributed by atoms with Crippen LogP contribution in [0.4, 0.5) is 5.69 Å². The molecular weight excluding hydrogens is 498 g/mol. The molecular formula is C27H36ClN3O4S. The van der Waals surface area contributed by atoms with E-state index >= 15 is 0 Å². The molecule has 0 saturated heterocycles. The Bertz CT molecular complexity index is 1170. The normalized spacial score (nSPS) is 15.2. The van der Waals surface area contributed by atoms with Gasteiger partial charge in [-0.2, -0.15) is 0 Å². The molecule has 9 heteroatoms. The summed E-state index contributed by atoms with van der Waals surface area (Å²) in [5, 5.41) is 3.62. The number of halogens is 1. The number of rotatable bonds is 10. The Hall–Kier alpha value is -2.58. The standard InChI is InChI=1S/C27H36ClN3O4S/c1-4-24(27(33)29-22-14-6-5-7-15-22)30(18-21-13-9-10-16-23(21)28)26(32)19-31(36(3,34)35)25-17-11-8-12-20(25)2/h8-13,16-17,22,24H,4-7,14-15,18-19H2,1-3H3,(H,29,33)/t24-/m0/s1. The molecule has 7 nitrogen and oxygen atoms in total. The third-order valence-electron chi connectivity index (χ3n) is 6.70. The molecule has 0 heterocycles. The number of carbonyl (C=O) groups excluding carboxylic acids is 2. The number of anilines is 1. The van der Waals surface area contributed by atoms with Crippen LogP contribution in [0.25, 0.3) is 0 Å². The molecule has 0 aliphatic heterocycles. The molecule has 196 valence electrons. The van der Waals surface area contributed by atoms with Crippen molar-refractivity contribution in [3.8, 4) is 0 Å². The van der Waals surface area contributed by atoms with Crippen molar-refractivity contribution < 1.29 is 18.0 Å². The lowest BCUT2D eigenvalue weighted by Gasteiger charge is -2.34. The molecule has 1 N–H and O–H groups in total. The van der Waals surface area contributed by atoms with Crippen LogP contribution in [0.1, 0.15) is 56.6 Å². The van der Waals surface area contributed by atoms with Crippen molar-refractivity contribution >= 4 is 39.1 Å². The highest BCUT2D eigenvalue weighted by Crippen LogP contribution is 2.25. The van der Waals surface area contributed by atoms with E-state index in [0.29, 0.717) is 22.7 Å². The van der Waals surface area contributed by atoms with Crippen LogP contribution >= 0.6 is 11.6 Å². The Morgan fingerprint density at radius 2 is 1.69 bits per heavy atom. The molecule has 36 heavy (non-hydrogen) atoms. The fourth-order valence-electron chi connectivity index (χ4n) is 4.71. The van der Waals surface area contributed by atoms with Gasteiger partial charge in [0.2, 0.25) is 21.8 Å². The van der Waals surface area contributed by atoms with E-state index in [4.69, 9.17) is 11.6 Å². The Balaban J connectivity index is 1.93. The van der Waals surface area contributed by atoms with Gasteiger partial charge in [-0.1, -0.05) is 74.2 Å². The quantitative estimate of drug-likeness (QED) is 0.481. The molecule has 2 amide bonds. The van der Waals surface area contributed by atoms with E-state index in [1.165, 1.54) is 11.3 Å². The van der Waals surface area contributed by atoms with Crippen molar-refractivity contribution in [3.05, 3.63) is 64.7 Å². The Morgan fingerprint density at radius 3 is 2.31 bits per heavy atom. The lowest BCUT2D eigenvalue weighted by Crippen LogP contribution is -2.54. The van der Waals surface area contributed by atoms with Gasteiger partial charge in [0.25, 0.3) is 0 Å². The summed E-state index contributed by atoms with van der Waals surface area (Å²) < 4.78 is 26.6. The highest BCUT2D eigenvalue weighted by Gasteiger charge is 2.33. The SMILES string of the molecule is CC[C@@H](C(=O)NC1CCCCC1)N(Cc1ccccc1Cl)C(=O)CN(c1ccccc1C)S(C)(=O)=O. The lowest BCUT2D eigenvalue weighted by molar-refractivity contribution is -0.140. The van der Waals surface area contributed by atoms with Gasteiger partial charge in [0, 0.05) is 17.6 Å². The van der Waals surface area contributed by atoms with Crippen LogP contribution in [0, 0.1) is 6.92 Å². The summed E-state index contributed by atoms with van der Waals surface area (Å²) in [5.41, 5.74) is 1.86. The van der Waals surface area contributed by atoms with Crippen LogP contribution in [-0.4, -0.2) is 50.0 Å². The minimum absolute atomic E-state index is 0.0945. The molecule has 1 aliphatic carbocycles. The zero-order chi connectivity index (χ0) is 26.3. The minimum Gasteiger partial charge on any atom is -0.352 e. The van der Waals surface area contributed by atoms with Crippen LogP contribution in [0.2, 0.25) is 5.02 Å². The summed E-state index contributed by atoms with van der Waals surface area (Å²) in [6.07, 6.45) is 6.64. The van der Waals surface area contributed by atoms with E-state index in [2.05, 4.69) is 5.32 Å². The number of sulfonamides is 1. The second kappa shape index (κ2) is 12.6. The van der Waals surface area contributed by atoms with Crippen LogP contribution in [-0.2, 0) is 26.2 Å². The lowest BCUT2D eigenvalue weighted by atomic mass is 9.95. The number of benzene rings is 2. The third kappa shape index (κ3) is 7.23. The number of nitrogens with zero attached hydrogens (tertiary/aromatic N) is 2. The van der Waals surface area contributed by atoms with E-state index in [1.807, 2.05) is 25.1 Å². The zero-order valence-electron chi connectivity index (χ0n) is 21.2. The zero-order valence-corrected chi connectivity index (χ0v) is 22.8. The summed E-state index contributed by atoms with van der Waals surface area (Å²) in [7, 11) is -3.77. The molecule has 1 aliphatic rings. The number of hydrogen-bond donors (Lipinski definition) is 1. The van der Waals surface area contributed by atoms with Gasteiger partial charge in [-0.15, -0.1) is 0 Å². The summed E-state index contributed by atoms with van der Waals surface area (Å²) in [6, 6.07) is 13.5. The van der Waals surface area contributed by atoms with Gasteiger partial charge in [-0.3, -0.25) is 13.9 Å². The molecule has 1 fully saturated rings. The summed E-state index contributed by atoms with van der Waals surface area (Å²) in [4.78, 5) is 28.7. The van der Waals surface area contributed by atoms with E-state index in [1.54, 1.807) is 37.3 Å². The Kier molecular flexibility index (Phi) is 9.79. The van der Waals surface area contributed by atoms with Gasteiger partial charge in [-0.25, -0.2) is 8.42 Å². The van der Waals surface area contributed by atoms with Crippen LogP contribution in [0.5, 0.6) is 0 Å². The Labute approximate surface area is 219 Å². The first-order chi connectivity index (χ1) is 17.1. The fraction of sp³-hybridized carbons (Fsp3) is 0.481. The Morgan fingerprint density at radius 1 is 1.06 bits per heavy atom. The predicted octanol–water partition coefficient (Wildman–Crippen LogP) is 4.67. The summed E-state index contributed by atoms with van der Waals surface area (Å²) in [5.74, 6) is -0.680. The number of aryl methyl sites for hydroxylation is 1.